The Kier molecular flexibility index (Phi) is 5.47. The summed E-state index contributed by atoms with van der Waals surface area (Å²) in [6.07, 6.45) is 2.53. The molecule has 1 aromatic carbocycles. The monoisotopic (exact) mass is 402 g/mol. The third-order valence-electron chi connectivity index (χ3n) is 5.24. The van der Waals surface area contributed by atoms with E-state index in [0.717, 1.165) is 18.4 Å². The largest absolute Gasteiger partial charge is 0.484 e. The molecule has 1 aliphatic carbocycles. The van der Waals surface area contributed by atoms with Gasteiger partial charge in [-0.15, -0.1) is 0 Å². The normalized spacial score (nSPS) is 20.9. The number of nitrogens with one attached hydrogen (secondary N) is 2. The van der Waals surface area contributed by atoms with Crippen molar-refractivity contribution in [3.8, 4) is 17.0 Å². The second-order valence-electron chi connectivity index (χ2n) is 7.55. The summed E-state index contributed by atoms with van der Waals surface area (Å²) in [5.41, 5.74) is 8.59. The Morgan fingerprint density at radius 2 is 2.10 bits per heavy atom. The van der Waals surface area contributed by atoms with Crippen LogP contribution in [0.4, 0.5) is 14.5 Å². The van der Waals surface area contributed by atoms with Crippen LogP contribution >= 0.6 is 0 Å². The number of hydrogen-bond acceptors (Lipinski definition) is 5. The zero-order valence-corrected chi connectivity index (χ0v) is 16.0. The lowest BCUT2D eigenvalue weighted by molar-refractivity contribution is -0.117. The minimum absolute atomic E-state index is 0.0245. The number of nitrogens with two attached hydrogens (primary N) is 1. The molecule has 0 bridgehead atoms. The lowest BCUT2D eigenvalue weighted by Crippen LogP contribution is -2.52. The molecule has 0 radical (unpaired) electrons. The molecule has 8 heteroatoms. The molecule has 29 heavy (non-hydrogen) atoms. The van der Waals surface area contributed by atoms with E-state index in [2.05, 4.69) is 15.6 Å². The van der Waals surface area contributed by atoms with Crippen molar-refractivity contribution in [2.45, 2.75) is 37.8 Å². The van der Waals surface area contributed by atoms with Gasteiger partial charge < -0.3 is 21.1 Å². The Balaban J connectivity index is 1.54. The first kappa shape index (κ1) is 19.7. The van der Waals surface area contributed by atoms with Crippen LogP contribution in [-0.2, 0) is 11.3 Å². The molecular weight excluding hydrogens is 378 g/mol. The highest BCUT2D eigenvalue weighted by Gasteiger charge is 2.43. The van der Waals surface area contributed by atoms with Gasteiger partial charge in [0.2, 0.25) is 5.91 Å². The van der Waals surface area contributed by atoms with Crippen LogP contribution in [0.3, 0.4) is 0 Å². The van der Waals surface area contributed by atoms with Crippen LogP contribution in [0.1, 0.15) is 24.8 Å². The molecule has 2 aliphatic rings. The predicted octanol–water partition coefficient (Wildman–Crippen LogP) is 2.93. The Bertz CT molecular complexity index is 902. The van der Waals surface area contributed by atoms with Crippen LogP contribution in [0.5, 0.6) is 5.75 Å². The molecule has 1 saturated heterocycles. The van der Waals surface area contributed by atoms with Crippen LogP contribution in [0, 0.1) is 5.92 Å². The van der Waals surface area contributed by atoms with Crippen molar-refractivity contribution in [2.24, 2.45) is 11.7 Å². The fraction of sp³-hybridized carbons (Fsp3) is 0.429. The van der Waals surface area contributed by atoms with Crippen LogP contribution in [0.15, 0.2) is 36.5 Å². The average Bonchev–Trinajstić information content (AvgIpc) is 3.55. The predicted molar refractivity (Wildman–Crippen MR) is 106 cm³/mol. The first-order valence-corrected chi connectivity index (χ1v) is 9.82. The highest BCUT2D eigenvalue weighted by Crippen LogP contribution is 2.33. The maximum absolute atomic E-state index is 14.1. The van der Waals surface area contributed by atoms with E-state index >= 15 is 0 Å². The highest BCUT2D eigenvalue weighted by atomic mass is 19.3. The Morgan fingerprint density at radius 1 is 1.28 bits per heavy atom. The number of nitrogens with zero attached hydrogens (tertiary/aromatic N) is 1. The van der Waals surface area contributed by atoms with Crippen molar-refractivity contribution >= 4 is 11.6 Å². The first-order chi connectivity index (χ1) is 14.0. The smallest absolute Gasteiger partial charge is 0.296 e. The van der Waals surface area contributed by atoms with Gasteiger partial charge in [0.1, 0.15) is 5.75 Å². The molecule has 0 spiro atoms. The number of alkyl halides is 2. The molecule has 2 fully saturated rings. The van der Waals surface area contributed by atoms with E-state index in [1.54, 1.807) is 36.5 Å². The van der Waals surface area contributed by atoms with Gasteiger partial charge >= 0.3 is 0 Å². The summed E-state index contributed by atoms with van der Waals surface area (Å²) in [7, 11) is 0. The van der Waals surface area contributed by atoms with Crippen LogP contribution in [0.2, 0.25) is 0 Å². The van der Waals surface area contributed by atoms with Gasteiger partial charge in [-0.3, -0.25) is 9.78 Å². The van der Waals surface area contributed by atoms with Crippen LogP contribution < -0.4 is 21.1 Å². The van der Waals surface area contributed by atoms with E-state index in [1.165, 1.54) is 0 Å². The van der Waals surface area contributed by atoms with E-state index in [1.807, 2.05) is 0 Å². The van der Waals surface area contributed by atoms with Crippen LogP contribution in [0.25, 0.3) is 11.3 Å². The highest BCUT2D eigenvalue weighted by molar-refractivity contribution is 5.94. The number of ether oxygens (including phenoxy) is 1. The van der Waals surface area contributed by atoms with E-state index in [0.29, 0.717) is 29.2 Å². The van der Waals surface area contributed by atoms with Gasteiger partial charge in [-0.2, -0.15) is 0 Å². The van der Waals surface area contributed by atoms with Crippen molar-refractivity contribution in [1.82, 2.24) is 10.3 Å². The number of carbonyl (C=O) groups is 1. The summed E-state index contributed by atoms with van der Waals surface area (Å²) in [5.74, 6) is -2.43. The van der Waals surface area contributed by atoms with Crippen molar-refractivity contribution < 1.29 is 18.3 Å². The van der Waals surface area contributed by atoms with Crippen molar-refractivity contribution in [1.29, 1.82) is 0 Å². The molecule has 1 aliphatic heterocycles. The number of carbonyl (C=O) groups excluding carboxylic acids is 1. The van der Waals surface area contributed by atoms with Gasteiger partial charge in [0.05, 0.1) is 12.2 Å². The number of benzene rings is 1. The summed E-state index contributed by atoms with van der Waals surface area (Å²) >= 11 is 0. The fourth-order valence-corrected chi connectivity index (χ4v) is 3.38. The van der Waals surface area contributed by atoms with Crippen molar-refractivity contribution in [2.75, 3.05) is 18.4 Å². The average molecular weight is 402 g/mol. The maximum atomic E-state index is 14.1. The summed E-state index contributed by atoms with van der Waals surface area (Å²) in [4.78, 5) is 16.3. The zero-order valence-electron chi connectivity index (χ0n) is 16.0. The molecule has 0 unspecified atom stereocenters. The number of aromatic nitrogens is 1. The molecule has 1 aromatic heterocycles. The first-order valence-electron chi connectivity index (χ1n) is 9.82. The quantitative estimate of drug-likeness (QED) is 0.691. The zero-order chi connectivity index (χ0) is 20.4. The van der Waals surface area contributed by atoms with Crippen LogP contribution in [-0.4, -0.2) is 36.0 Å². The third-order valence-corrected chi connectivity index (χ3v) is 5.24. The van der Waals surface area contributed by atoms with E-state index in [-0.39, 0.29) is 24.8 Å². The molecular formula is C21H24F2N4O2. The molecule has 154 valence electrons. The SMILES string of the molecule is NCc1cc(-c2cc(NC(=O)C3CC3)ccn2)ccc1O[C@H]1CCNCC1(F)F. The molecule has 1 saturated carbocycles. The number of hydrogen-bond donors (Lipinski definition) is 3. The summed E-state index contributed by atoms with van der Waals surface area (Å²) in [5, 5.41) is 5.59. The number of piperidine rings is 1. The van der Waals surface area contributed by atoms with E-state index in [4.69, 9.17) is 10.5 Å². The molecule has 2 aromatic rings. The van der Waals surface area contributed by atoms with Gasteiger partial charge in [0.15, 0.2) is 6.10 Å². The van der Waals surface area contributed by atoms with Crippen molar-refractivity contribution in [3.63, 3.8) is 0 Å². The number of pyridine rings is 1. The summed E-state index contributed by atoms with van der Waals surface area (Å²) in [6, 6.07) is 8.75. The maximum Gasteiger partial charge on any atom is 0.296 e. The van der Waals surface area contributed by atoms with Gasteiger partial charge in [-0.1, -0.05) is 0 Å². The van der Waals surface area contributed by atoms with Gasteiger partial charge in [-0.05, 0) is 49.7 Å². The third kappa shape index (κ3) is 4.54. The standard InChI is InChI=1S/C21H24F2N4O2/c22-21(23)12-25-7-6-19(21)29-18-4-3-14(9-15(18)11-24)17-10-16(5-8-26-17)27-20(28)13-1-2-13/h3-5,8-10,13,19,25H,1-2,6-7,11-12,24H2,(H,26,27,28)/t19-/m0/s1. The second-order valence-corrected chi connectivity index (χ2v) is 7.55. The minimum Gasteiger partial charge on any atom is -0.484 e. The fourth-order valence-electron chi connectivity index (χ4n) is 3.38. The Labute approximate surface area is 167 Å². The molecule has 1 amide bonds. The number of halogens is 2. The van der Waals surface area contributed by atoms with E-state index < -0.39 is 18.6 Å². The molecule has 4 rings (SSSR count). The van der Waals surface area contributed by atoms with Gasteiger partial charge in [-0.25, -0.2) is 8.78 Å². The van der Waals surface area contributed by atoms with E-state index in [9.17, 15) is 13.6 Å². The van der Waals surface area contributed by atoms with Crippen molar-refractivity contribution in [3.05, 3.63) is 42.1 Å². The lowest BCUT2D eigenvalue weighted by atomic mass is 10.0. The summed E-state index contributed by atoms with van der Waals surface area (Å²) < 4.78 is 33.8. The molecule has 1 atom stereocenters. The summed E-state index contributed by atoms with van der Waals surface area (Å²) in [6.45, 7) is 0.244. The lowest BCUT2D eigenvalue weighted by Gasteiger charge is -2.32. The Hall–Kier alpha value is -2.58. The minimum atomic E-state index is -2.93. The Morgan fingerprint density at radius 3 is 2.83 bits per heavy atom. The molecule has 2 heterocycles. The van der Waals surface area contributed by atoms with Gasteiger partial charge in [0, 0.05) is 41.9 Å². The molecule has 4 N–H and O–H groups in total. The number of anilines is 1. The number of amides is 1. The van der Waals surface area contributed by atoms with Gasteiger partial charge in [0.25, 0.3) is 5.92 Å². The number of rotatable bonds is 6. The topological polar surface area (TPSA) is 89.3 Å². The molecule has 6 nitrogen and oxygen atoms in total. The second kappa shape index (κ2) is 8.04.